The number of carboxylic acid groups (broad SMARTS) is 1. The van der Waals surface area contributed by atoms with Gasteiger partial charge in [0, 0.05) is 17.7 Å². The molecule has 0 unspecified atom stereocenters. The summed E-state index contributed by atoms with van der Waals surface area (Å²) in [5.74, 6) is -7.29. The fourth-order valence-electron chi connectivity index (χ4n) is 4.85. The maximum atomic E-state index is 13.8. The fourth-order valence-corrected chi connectivity index (χ4v) is 4.85. The van der Waals surface area contributed by atoms with Crippen molar-refractivity contribution in [2.75, 3.05) is 14.2 Å². The topological polar surface area (TPSA) is 272 Å². The lowest BCUT2D eigenvalue weighted by molar-refractivity contribution is -0.271. The van der Waals surface area contributed by atoms with Gasteiger partial charge in [0.05, 0.1) is 14.2 Å². The van der Waals surface area contributed by atoms with Gasteiger partial charge in [-0.3, -0.25) is 4.79 Å². The molecule has 1 aliphatic rings. The van der Waals surface area contributed by atoms with E-state index in [9.17, 15) is 55.2 Å². The van der Waals surface area contributed by atoms with Crippen molar-refractivity contribution >= 4 is 29.0 Å². The zero-order valence-corrected chi connectivity index (χ0v) is 25.3. The lowest BCUT2D eigenvalue weighted by Crippen LogP contribution is -2.61. The molecule has 5 rings (SSSR count). The van der Waals surface area contributed by atoms with E-state index in [4.69, 9.17) is 28.1 Å². The Morgan fingerprint density at radius 1 is 0.816 bits per heavy atom. The van der Waals surface area contributed by atoms with Crippen LogP contribution < -0.4 is 24.4 Å². The molecule has 17 heteroatoms. The van der Waals surface area contributed by atoms with Crippen molar-refractivity contribution in [3.63, 3.8) is 0 Å². The summed E-state index contributed by atoms with van der Waals surface area (Å²) in [4.78, 5) is 38.2. The molecule has 3 aromatic carbocycles. The molecule has 0 saturated carbocycles. The number of aromatic hydroxyl groups is 4. The quantitative estimate of drug-likeness (QED) is 0.0698. The molecule has 1 fully saturated rings. The summed E-state index contributed by atoms with van der Waals surface area (Å²) >= 11 is 0. The van der Waals surface area contributed by atoms with E-state index in [1.165, 1.54) is 56.7 Å². The first-order chi connectivity index (χ1) is 23.2. The summed E-state index contributed by atoms with van der Waals surface area (Å²) in [6.07, 6.45) is -8.02. The van der Waals surface area contributed by atoms with Gasteiger partial charge in [0.2, 0.25) is 29.0 Å². The average molecular weight is 685 g/mol. The van der Waals surface area contributed by atoms with Crippen LogP contribution in [0.3, 0.4) is 0 Å². The van der Waals surface area contributed by atoms with Crippen LogP contribution in [0.1, 0.15) is 5.56 Å². The van der Waals surface area contributed by atoms with Crippen molar-refractivity contribution in [3.05, 3.63) is 64.3 Å². The van der Waals surface area contributed by atoms with E-state index in [-0.39, 0.29) is 34.3 Å². The number of hydrogen-bond donors (Lipinski definition) is 8. The minimum Gasteiger partial charge on any atom is -0.508 e. The van der Waals surface area contributed by atoms with Gasteiger partial charge in [0.1, 0.15) is 35.0 Å². The summed E-state index contributed by atoms with van der Waals surface area (Å²) in [6, 6.07) is 8.73. The van der Waals surface area contributed by atoms with Crippen LogP contribution in [0.25, 0.3) is 28.4 Å². The Balaban J connectivity index is 1.57. The van der Waals surface area contributed by atoms with E-state index < -0.39 is 82.0 Å². The first kappa shape index (κ1) is 34.3. The van der Waals surface area contributed by atoms with E-state index in [1.807, 2.05) is 0 Å². The number of aliphatic hydroxyl groups is 3. The largest absolute Gasteiger partial charge is 0.508 e. The van der Waals surface area contributed by atoms with Gasteiger partial charge in [-0.15, -0.1) is 0 Å². The Morgan fingerprint density at radius 2 is 1.45 bits per heavy atom. The molecule has 0 aliphatic carbocycles. The van der Waals surface area contributed by atoms with Crippen molar-refractivity contribution in [1.82, 2.24) is 0 Å². The predicted molar refractivity (Wildman–Crippen MR) is 164 cm³/mol. The molecule has 1 aromatic heterocycles. The van der Waals surface area contributed by atoms with Crippen LogP contribution in [0, 0.1) is 0 Å². The van der Waals surface area contributed by atoms with E-state index in [0.29, 0.717) is 5.56 Å². The number of esters is 1. The van der Waals surface area contributed by atoms with Crippen LogP contribution in [0.2, 0.25) is 0 Å². The molecule has 5 atom stereocenters. The second kappa shape index (κ2) is 13.6. The minimum atomic E-state index is -2.06. The number of methoxy groups -OCH3 is 2. The van der Waals surface area contributed by atoms with E-state index >= 15 is 0 Å². The van der Waals surface area contributed by atoms with Gasteiger partial charge in [-0.25, -0.2) is 9.59 Å². The van der Waals surface area contributed by atoms with Crippen molar-refractivity contribution < 1.29 is 78.5 Å². The lowest BCUT2D eigenvalue weighted by atomic mass is 9.99. The number of fused-ring (bicyclic) bond motifs is 1. The van der Waals surface area contributed by atoms with Gasteiger partial charge in [0.25, 0.3) is 0 Å². The monoisotopic (exact) mass is 684 g/mol. The molecule has 8 N–H and O–H groups in total. The minimum absolute atomic E-state index is 0.0378. The number of rotatable bonds is 9. The fraction of sp³-hybridized carbons (Fsp3) is 0.219. The van der Waals surface area contributed by atoms with Gasteiger partial charge < -0.3 is 69.0 Å². The molecule has 0 bridgehead atoms. The molecule has 4 aromatic rings. The van der Waals surface area contributed by atoms with Crippen LogP contribution >= 0.6 is 0 Å². The molecular formula is C32H28O17. The third-order valence-corrected chi connectivity index (χ3v) is 7.36. The summed E-state index contributed by atoms with van der Waals surface area (Å²) < 4.78 is 31.8. The average Bonchev–Trinajstić information content (AvgIpc) is 3.07. The lowest BCUT2D eigenvalue weighted by Gasteiger charge is -2.38. The highest BCUT2D eigenvalue weighted by molar-refractivity contribution is 5.94. The SMILES string of the molecule is COc1cc(/C=C/C(=O)Oc2c(-c3ccc(O)cc3)oc3cc(O[C@@H]4O[C@H](C(=O)O)[C@@H](O)[C@H](O)[C@H]4O)c(O)c(O)c3c2=O)cc(OC)c1O. The smallest absolute Gasteiger partial charge is 0.336 e. The third-order valence-electron chi connectivity index (χ3n) is 7.36. The van der Waals surface area contributed by atoms with Gasteiger partial charge >= 0.3 is 11.9 Å². The number of benzene rings is 3. The van der Waals surface area contributed by atoms with Gasteiger partial charge in [-0.05, 0) is 48.0 Å². The highest BCUT2D eigenvalue weighted by Crippen LogP contribution is 2.44. The van der Waals surface area contributed by atoms with Crippen LogP contribution in [0.4, 0.5) is 0 Å². The number of carbonyl (C=O) groups is 2. The number of aliphatic carboxylic acids is 1. The standard InChI is InChI=1S/C32H28O17/c1-44-16-9-12(10-17(45-2)21(16)35)3-8-19(34)48-29-24(38)20-15(46-28(29)13-4-6-14(33)7-5-13)11-18(22(36)23(20)37)47-32-27(41)25(39)26(40)30(49-32)31(42)43/h3-11,25-27,30,32-33,35-37,39-41H,1-2H3,(H,42,43)/b8-3+/t25-,26-,27+,30-,32+/m0/s1. The number of hydrogen-bond acceptors (Lipinski definition) is 16. The van der Waals surface area contributed by atoms with Gasteiger partial charge in [-0.1, -0.05) is 0 Å². The maximum absolute atomic E-state index is 13.8. The van der Waals surface area contributed by atoms with Crippen molar-refractivity contribution in [3.8, 4) is 57.3 Å². The number of phenols is 4. The Morgan fingerprint density at radius 3 is 2.04 bits per heavy atom. The summed E-state index contributed by atoms with van der Waals surface area (Å²) in [7, 11) is 2.61. The van der Waals surface area contributed by atoms with Crippen LogP contribution in [-0.2, 0) is 14.3 Å². The van der Waals surface area contributed by atoms with E-state index in [1.54, 1.807) is 0 Å². The molecule has 0 amide bonds. The molecule has 0 radical (unpaired) electrons. The van der Waals surface area contributed by atoms with Crippen molar-refractivity contribution in [1.29, 1.82) is 0 Å². The van der Waals surface area contributed by atoms with Crippen LogP contribution in [0.5, 0.6) is 46.0 Å². The van der Waals surface area contributed by atoms with Gasteiger partial charge in [-0.2, -0.15) is 0 Å². The second-order valence-electron chi connectivity index (χ2n) is 10.5. The van der Waals surface area contributed by atoms with Gasteiger partial charge in [0.15, 0.2) is 34.9 Å². The number of carbonyl (C=O) groups excluding carboxylic acids is 1. The maximum Gasteiger partial charge on any atom is 0.336 e. The van der Waals surface area contributed by atoms with E-state index in [2.05, 4.69) is 0 Å². The highest BCUT2D eigenvalue weighted by Gasteiger charge is 2.48. The zero-order valence-electron chi connectivity index (χ0n) is 25.3. The Kier molecular flexibility index (Phi) is 9.54. The number of carboxylic acids is 1. The zero-order chi connectivity index (χ0) is 35.7. The molecule has 0 spiro atoms. The Hall–Kier alpha value is -6.01. The number of ether oxygens (including phenoxy) is 5. The second-order valence-corrected chi connectivity index (χ2v) is 10.5. The molecule has 17 nitrogen and oxygen atoms in total. The van der Waals surface area contributed by atoms with Crippen LogP contribution in [-0.4, -0.2) is 97.7 Å². The molecule has 2 heterocycles. The summed E-state index contributed by atoms with van der Waals surface area (Å²) in [5, 5.41) is 80.5. The highest BCUT2D eigenvalue weighted by atomic mass is 16.7. The predicted octanol–water partition coefficient (Wildman–Crippen LogP) is 1.19. The summed E-state index contributed by atoms with van der Waals surface area (Å²) in [6.45, 7) is 0. The molecule has 1 saturated heterocycles. The third kappa shape index (κ3) is 6.58. The first-order valence-corrected chi connectivity index (χ1v) is 14.0. The molecule has 258 valence electrons. The Bertz CT molecular complexity index is 1970. The van der Waals surface area contributed by atoms with Crippen LogP contribution in [0.15, 0.2) is 57.8 Å². The molecule has 1 aliphatic heterocycles. The summed E-state index contributed by atoms with van der Waals surface area (Å²) in [5.41, 5.74) is -1.21. The Labute approximate surface area is 274 Å². The molecule has 49 heavy (non-hydrogen) atoms. The number of aliphatic hydroxyl groups excluding tert-OH is 3. The first-order valence-electron chi connectivity index (χ1n) is 14.0. The van der Waals surface area contributed by atoms with Crippen molar-refractivity contribution in [2.24, 2.45) is 0 Å². The number of phenolic OH excluding ortho intramolecular Hbond substituents is 4. The molecular weight excluding hydrogens is 656 g/mol. The van der Waals surface area contributed by atoms with Crippen molar-refractivity contribution in [2.45, 2.75) is 30.7 Å². The van der Waals surface area contributed by atoms with E-state index in [0.717, 1.165) is 12.1 Å². The normalized spacial score (nSPS) is 20.6.